The molecule has 2 aromatic heterocycles. The Bertz CT molecular complexity index is 1520. The molecule has 11 heteroatoms. The number of nitrogens with zero attached hydrogens (tertiary/aromatic N) is 2. The van der Waals surface area contributed by atoms with Crippen LogP contribution < -0.4 is 21.5 Å². The van der Waals surface area contributed by atoms with Crippen molar-refractivity contribution < 1.29 is 19.1 Å². The summed E-state index contributed by atoms with van der Waals surface area (Å²) in [5.74, 6) is -1.03. The lowest BCUT2D eigenvalue weighted by Crippen LogP contribution is -2.45. The van der Waals surface area contributed by atoms with E-state index in [1.807, 2.05) is 42.5 Å². The van der Waals surface area contributed by atoms with Crippen molar-refractivity contribution >= 4 is 45.8 Å². The second kappa shape index (κ2) is 11.2. The lowest BCUT2D eigenvalue weighted by molar-refractivity contribution is -0.126. The van der Waals surface area contributed by atoms with E-state index in [-0.39, 0.29) is 34.8 Å². The molecule has 1 unspecified atom stereocenters. The highest BCUT2D eigenvalue weighted by Crippen LogP contribution is 2.34. The number of nitrogen functional groups attached to an aromatic ring is 1. The normalized spacial score (nSPS) is 14.3. The van der Waals surface area contributed by atoms with E-state index in [1.54, 1.807) is 19.4 Å². The van der Waals surface area contributed by atoms with Crippen LogP contribution in [0.1, 0.15) is 63.0 Å². The van der Waals surface area contributed by atoms with Crippen LogP contribution in [0.3, 0.4) is 0 Å². The maximum Gasteiger partial charge on any atom is 0.270 e. The molecule has 6 N–H and O–H groups in total. The van der Waals surface area contributed by atoms with Crippen molar-refractivity contribution in [3.8, 4) is 5.75 Å². The number of nitrogens with one attached hydrogen (secondary N) is 2. The third-order valence-corrected chi connectivity index (χ3v) is 7.93. The van der Waals surface area contributed by atoms with Gasteiger partial charge < -0.3 is 31.4 Å². The number of fused-ring (bicyclic) bond motifs is 1. The molecule has 0 radical (unpaired) electrons. The zero-order valence-electron chi connectivity index (χ0n) is 21.5. The molecule has 0 bridgehead atoms. The smallest absolute Gasteiger partial charge is 0.270 e. The molecule has 2 aromatic carbocycles. The molecular formula is C28H30N6O4S. The Labute approximate surface area is 229 Å². The van der Waals surface area contributed by atoms with Crippen LogP contribution in [0.25, 0.3) is 10.9 Å². The second-order valence-corrected chi connectivity index (χ2v) is 10.4. The van der Waals surface area contributed by atoms with Crippen LogP contribution in [0, 0.1) is 0 Å². The van der Waals surface area contributed by atoms with Crippen molar-refractivity contribution in [1.29, 1.82) is 0 Å². The van der Waals surface area contributed by atoms with E-state index in [2.05, 4.69) is 14.7 Å². The van der Waals surface area contributed by atoms with Crippen molar-refractivity contribution in [3.63, 3.8) is 0 Å². The molecule has 0 spiro atoms. The number of amides is 3. The third-order valence-electron chi connectivity index (χ3n) is 7.08. The number of aromatic amines is 1. The van der Waals surface area contributed by atoms with Gasteiger partial charge in [-0.2, -0.15) is 4.37 Å². The molecule has 1 aliphatic rings. The number of para-hydroxylation sites is 1. The van der Waals surface area contributed by atoms with Crippen LogP contribution in [0.4, 0.5) is 5.69 Å². The molecule has 4 aromatic rings. The number of ether oxygens (including phenoxy) is 1. The van der Waals surface area contributed by atoms with E-state index in [0.29, 0.717) is 11.3 Å². The standard InChI is InChI=1S/C28H30N6O4S/c1-38-18-10-6-7-16(13-18)15-34(28(37)25-22(29)23(26(30)35)33-39-25)24(27(36)32-17-8-2-3-9-17)20-14-31-21-12-5-4-11-19(20)21/h4-7,10-14,17,24,31H,2-3,8-9,15,29H2,1H3,(H2,30,35)(H,32,36). The summed E-state index contributed by atoms with van der Waals surface area (Å²) in [5, 5.41) is 4.00. The van der Waals surface area contributed by atoms with Gasteiger partial charge in [-0.15, -0.1) is 0 Å². The summed E-state index contributed by atoms with van der Waals surface area (Å²) in [6.07, 6.45) is 5.63. The van der Waals surface area contributed by atoms with Crippen LogP contribution in [-0.2, 0) is 11.3 Å². The number of aromatic nitrogens is 2. The minimum Gasteiger partial charge on any atom is -0.497 e. The number of carbonyl (C=O) groups is 3. The predicted molar refractivity (Wildman–Crippen MR) is 149 cm³/mol. The molecule has 10 nitrogen and oxygen atoms in total. The number of hydrogen-bond acceptors (Lipinski definition) is 7. The minimum absolute atomic E-state index is 0.0360. The summed E-state index contributed by atoms with van der Waals surface area (Å²) >= 11 is 0.791. The van der Waals surface area contributed by atoms with Gasteiger partial charge in [-0.25, -0.2) is 0 Å². The molecule has 0 aliphatic heterocycles. The summed E-state index contributed by atoms with van der Waals surface area (Å²) < 4.78 is 9.41. The van der Waals surface area contributed by atoms with Crippen LogP contribution in [0.5, 0.6) is 5.75 Å². The Kier molecular flexibility index (Phi) is 7.51. The number of H-pyrrole nitrogens is 1. The van der Waals surface area contributed by atoms with Gasteiger partial charge in [0.05, 0.1) is 12.8 Å². The van der Waals surface area contributed by atoms with E-state index in [9.17, 15) is 14.4 Å². The topological polar surface area (TPSA) is 156 Å². The van der Waals surface area contributed by atoms with Crippen molar-refractivity contribution in [2.45, 2.75) is 44.3 Å². The van der Waals surface area contributed by atoms with Gasteiger partial charge in [0, 0.05) is 35.2 Å². The maximum atomic E-state index is 14.2. The molecule has 1 aliphatic carbocycles. The zero-order valence-corrected chi connectivity index (χ0v) is 22.3. The van der Waals surface area contributed by atoms with E-state index in [0.717, 1.165) is 53.7 Å². The fourth-order valence-electron chi connectivity index (χ4n) is 5.13. The second-order valence-electron chi connectivity index (χ2n) is 9.60. The van der Waals surface area contributed by atoms with Gasteiger partial charge in [0.1, 0.15) is 16.7 Å². The molecule has 3 amide bonds. The van der Waals surface area contributed by atoms with E-state index >= 15 is 0 Å². The highest BCUT2D eigenvalue weighted by Gasteiger charge is 2.37. The summed E-state index contributed by atoms with van der Waals surface area (Å²) in [6, 6.07) is 14.0. The number of benzene rings is 2. The molecule has 1 atom stereocenters. The number of carbonyl (C=O) groups excluding carboxylic acids is 3. The number of methoxy groups -OCH3 is 1. The minimum atomic E-state index is -1.00. The van der Waals surface area contributed by atoms with Crippen LogP contribution in [0.15, 0.2) is 54.7 Å². The molecule has 1 saturated carbocycles. The van der Waals surface area contributed by atoms with Gasteiger partial charge in [-0.1, -0.05) is 43.2 Å². The molecular weight excluding hydrogens is 516 g/mol. The fourth-order valence-corrected chi connectivity index (χ4v) is 5.89. The molecule has 1 fully saturated rings. The van der Waals surface area contributed by atoms with Gasteiger partial charge >= 0.3 is 0 Å². The number of anilines is 1. The first kappa shape index (κ1) is 26.2. The van der Waals surface area contributed by atoms with Crippen molar-refractivity contribution in [1.82, 2.24) is 19.6 Å². The molecule has 5 rings (SSSR count). The largest absolute Gasteiger partial charge is 0.497 e. The summed E-state index contributed by atoms with van der Waals surface area (Å²) in [6.45, 7) is 0.0710. The fraction of sp³-hybridized carbons (Fsp3) is 0.286. The SMILES string of the molecule is COc1cccc(CN(C(=O)c2snc(C(N)=O)c2N)C(C(=O)NC2CCCC2)c2c[nH]c3ccccc23)c1. The zero-order chi connectivity index (χ0) is 27.5. The number of hydrogen-bond donors (Lipinski definition) is 4. The van der Waals surface area contributed by atoms with Crippen LogP contribution >= 0.6 is 11.5 Å². The van der Waals surface area contributed by atoms with Crippen molar-refractivity contribution in [3.05, 3.63) is 76.4 Å². The number of primary amides is 1. The highest BCUT2D eigenvalue weighted by atomic mass is 32.1. The Morgan fingerprint density at radius 3 is 2.67 bits per heavy atom. The highest BCUT2D eigenvalue weighted by molar-refractivity contribution is 7.09. The van der Waals surface area contributed by atoms with Crippen molar-refractivity contribution in [2.24, 2.45) is 5.73 Å². The quantitative estimate of drug-likeness (QED) is 0.250. The molecule has 202 valence electrons. The van der Waals surface area contributed by atoms with Crippen molar-refractivity contribution in [2.75, 3.05) is 12.8 Å². The Morgan fingerprint density at radius 1 is 1.18 bits per heavy atom. The van der Waals surface area contributed by atoms with Gasteiger partial charge in [-0.3, -0.25) is 14.4 Å². The number of rotatable bonds is 9. The predicted octanol–water partition coefficient (Wildman–Crippen LogP) is 3.76. The van der Waals surface area contributed by atoms with E-state index in [1.165, 1.54) is 4.90 Å². The van der Waals surface area contributed by atoms with Gasteiger partial charge in [0.2, 0.25) is 5.91 Å². The number of nitrogens with two attached hydrogens (primary N) is 2. The van der Waals surface area contributed by atoms with E-state index < -0.39 is 17.9 Å². The summed E-state index contributed by atoms with van der Waals surface area (Å²) in [4.78, 5) is 44.9. The molecule has 0 saturated heterocycles. The lowest BCUT2D eigenvalue weighted by Gasteiger charge is -2.32. The van der Waals surface area contributed by atoms with Gasteiger partial charge in [0.15, 0.2) is 5.69 Å². The molecule has 39 heavy (non-hydrogen) atoms. The molecule has 2 heterocycles. The lowest BCUT2D eigenvalue weighted by atomic mass is 10.0. The first-order valence-corrected chi connectivity index (χ1v) is 13.5. The Balaban J connectivity index is 1.64. The monoisotopic (exact) mass is 546 g/mol. The van der Waals surface area contributed by atoms with Crippen LogP contribution in [0.2, 0.25) is 0 Å². The average molecular weight is 547 g/mol. The van der Waals surface area contributed by atoms with E-state index in [4.69, 9.17) is 16.2 Å². The summed E-state index contributed by atoms with van der Waals surface area (Å²) in [7, 11) is 1.56. The first-order chi connectivity index (χ1) is 18.9. The Hall–Kier alpha value is -4.38. The Morgan fingerprint density at radius 2 is 1.95 bits per heavy atom. The average Bonchev–Trinajstić information content (AvgIpc) is 3.69. The van der Waals surface area contributed by atoms with Gasteiger partial charge in [-0.05, 0) is 48.1 Å². The third kappa shape index (κ3) is 5.30. The first-order valence-electron chi connectivity index (χ1n) is 12.7. The maximum absolute atomic E-state index is 14.2. The van der Waals surface area contributed by atoms with Gasteiger partial charge in [0.25, 0.3) is 11.8 Å². The van der Waals surface area contributed by atoms with Crippen LogP contribution in [-0.4, -0.2) is 45.1 Å². The summed E-state index contributed by atoms with van der Waals surface area (Å²) in [5.41, 5.74) is 13.6.